The standard InChI is InChI=1S/C17H29N5/c1-22(16-8-3-2-4-9-16)14-13-21-17(18)20-12-10-15-7-5-6-11-19-15/h5-7,11,16H,2-4,8-10,12-14H2,1H3,(H3,18,20,21). The number of nitrogens with one attached hydrogen (secondary N) is 1. The third-order valence-corrected chi connectivity index (χ3v) is 4.35. The average Bonchev–Trinajstić information content (AvgIpc) is 2.56. The lowest BCUT2D eigenvalue weighted by Gasteiger charge is -2.30. The van der Waals surface area contributed by atoms with Crippen molar-refractivity contribution in [2.75, 3.05) is 26.7 Å². The molecule has 0 aliphatic heterocycles. The highest BCUT2D eigenvalue weighted by molar-refractivity contribution is 5.77. The molecule has 122 valence electrons. The van der Waals surface area contributed by atoms with Crippen LogP contribution in [0, 0.1) is 0 Å². The molecule has 3 N–H and O–H groups in total. The fourth-order valence-corrected chi connectivity index (χ4v) is 2.95. The van der Waals surface area contributed by atoms with Gasteiger partial charge in [0.2, 0.25) is 0 Å². The van der Waals surface area contributed by atoms with Crippen LogP contribution in [0.2, 0.25) is 0 Å². The van der Waals surface area contributed by atoms with Gasteiger partial charge in [-0.3, -0.25) is 9.98 Å². The third-order valence-electron chi connectivity index (χ3n) is 4.35. The molecule has 0 spiro atoms. The quantitative estimate of drug-likeness (QED) is 0.595. The molecule has 2 rings (SSSR count). The van der Waals surface area contributed by atoms with E-state index in [9.17, 15) is 0 Å². The Balaban J connectivity index is 1.60. The average molecular weight is 303 g/mol. The van der Waals surface area contributed by atoms with Crippen molar-refractivity contribution >= 4 is 5.96 Å². The molecule has 5 heteroatoms. The van der Waals surface area contributed by atoms with Crippen LogP contribution >= 0.6 is 0 Å². The lowest BCUT2D eigenvalue weighted by atomic mass is 9.94. The number of rotatable bonds is 7. The number of pyridine rings is 1. The van der Waals surface area contributed by atoms with E-state index in [-0.39, 0.29) is 0 Å². The summed E-state index contributed by atoms with van der Waals surface area (Å²) in [6.45, 7) is 2.51. The SMILES string of the molecule is CN(CCN=C(N)NCCc1ccccn1)C1CCCCC1. The molecule has 0 radical (unpaired) electrons. The van der Waals surface area contributed by atoms with Crippen molar-refractivity contribution in [3.05, 3.63) is 30.1 Å². The van der Waals surface area contributed by atoms with Crippen molar-refractivity contribution < 1.29 is 0 Å². The first-order chi connectivity index (χ1) is 10.8. The minimum Gasteiger partial charge on any atom is -0.370 e. The smallest absolute Gasteiger partial charge is 0.188 e. The topological polar surface area (TPSA) is 66.5 Å². The van der Waals surface area contributed by atoms with E-state index in [1.807, 2.05) is 24.4 Å². The van der Waals surface area contributed by atoms with Crippen LogP contribution in [0.3, 0.4) is 0 Å². The molecule has 22 heavy (non-hydrogen) atoms. The van der Waals surface area contributed by atoms with Crippen molar-refractivity contribution in [1.82, 2.24) is 15.2 Å². The molecule has 0 unspecified atom stereocenters. The van der Waals surface area contributed by atoms with Gasteiger partial charge in [-0.25, -0.2) is 0 Å². The molecule has 1 aliphatic carbocycles. The minimum absolute atomic E-state index is 0.535. The van der Waals surface area contributed by atoms with Crippen LogP contribution in [0.15, 0.2) is 29.4 Å². The molecule has 1 aromatic rings. The van der Waals surface area contributed by atoms with Gasteiger partial charge in [-0.2, -0.15) is 0 Å². The van der Waals surface area contributed by atoms with E-state index in [4.69, 9.17) is 5.73 Å². The zero-order valence-corrected chi connectivity index (χ0v) is 13.7. The number of hydrogen-bond donors (Lipinski definition) is 2. The van der Waals surface area contributed by atoms with Gasteiger partial charge in [0.05, 0.1) is 6.54 Å². The summed E-state index contributed by atoms with van der Waals surface area (Å²) in [4.78, 5) is 11.1. The summed E-state index contributed by atoms with van der Waals surface area (Å²) in [5, 5.41) is 3.15. The summed E-state index contributed by atoms with van der Waals surface area (Å²) < 4.78 is 0. The van der Waals surface area contributed by atoms with E-state index >= 15 is 0 Å². The van der Waals surface area contributed by atoms with Gasteiger partial charge in [-0.1, -0.05) is 25.3 Å². The summed E-state index contributed by atoms with van der Waals surface area (Å²) in [5.74, 6) is 0.535. The predicted octanol–water partition coefficient (Wildman–Crippen LogP) is 1.79. The molecule has 1 aliphatic rings. The Morgan fingerprint density at radius 1 is 1.36 bits per heavy atom. The summed E-state index contributed by atoms with van der Waals surface area (Å²) >= 11 is 0. The Labute approximate surface area is 134 Å². The maximum atomic E-state index is 5.90. The summed E-state index contributed by atoms with van der Waals surface area (Å²) in [5.41, 5.74) is 6.97. The highest BCUT2D eigenvalue weighted by atomic mass is 15.2. The van der Waals surface area contributed by atoms with Crippen molar-refractivity contribution in [1.29, 1.82) is 0 Å². The number of aliphatic imine (C=N–C) groups is 1. The van der Waals surface area contributed by atoms with Gasteiger partial charge < -0.3 is 16.0 Å². The van der Waals surface area contributed by atoms with Crippen LogP contribution in [0.1, 0.15) is 37.8 Å². The van der Waals surface area contributed by atoms with Crippen LogP contribution in [0.5, 0.6) is 0 Å². The lowest BCUT2D eigenvalue weighted by molar-refractivity contribution is 0.196. The maximum absolute atomic E-state index is 5.90. The summed E-state index contributed by atoms with van der Waals surface area (Å²) in [6.07, 6.45) is 9.48. The Hall–Kier alpha value is -1.62. The number of nitrogens with zero attached hydrogens (tertiary/aromatic N) is 3. The predicted molar refractivity (Wildman–Crippen MR) is 91.9 cm³/mol. The molecule has 0 amide bonds. The zero-order chi connectivity index (χ0) is 15.6. The van der Waals surface area contributed by atoms with Crippen LogP contribution in [-0.2, 0) is 6.42 Å². The van der Waals surface area contributed by atoms with Gasteiger partial charge in [0.15, 0.2) is 5.96 Å². The number of nitrogens with two attached hydrogens (primary N) is 1. The van der Waals surface area contributed by atoms with Crippen molar-refractivity contribution in [2.45, 2.75) is 44.6 Å². The number of hydrogen-bond acceptors (Lipinski definition) is 3. The largest absolute Gasteiger partial charge is 0.370 e. The monoisotopic (exact) mass is 303 g/mol. The molecule has 0 aromatic carbocycles. The maximum Gasteiger partial charge on any atom is 0.188 e. The molecular formula is C17H29N5. The minimum atomic E-state index is 0.535. The van der Waals surface area contributed by atoms with E-state index in [1.165, 1.54) is 32.1 Å². The normalized spacial score (nSPS) is 16.9. The Morgan fingerprint density at radius 2 is 2.18 bits per heavy atom. The van der Waals surface area contributed by atoms with Gasteiger partial charge in [-0.15, -0.1) is 0 Å². The van der Waals surface area contributed by atoms with Crippen LogP contribution in [0.4, 0.5) is 0 Å². The fourth-order valence-electron chi connectivity index (χ4n) is 2.95. The third kappa shape index (κ3) is 6.02. The zero-order valence-electron chi connectivity index (χ0n) is 13.7. The van der Waals surface area contributed by atoms with Gasteiger partial charge in [0.25, 0.3) is 0 Å². The molecule has 0 bridgehead atoms. The first-order valence-electron chi connectivity index (χ1n) is 8.39. The molecule has 1 heterocycles. The lowest BCUT2D eigenvalue weighted by Crippen LogP contribution is -2.37. The van der Waals surface area contributed by atoms with E-state index < -0.39 is 0 Å². The fraction of sp³-hybridized carbons (Fsp3) is 0.647. The Bertz CT molecular complexity index is 440. The first-order valence-corrected chi connectivity index (χ1v) is 8.39. The van der Waals surface area contributed by atoms with E-state index in [2.05, 4.69) is 27.2 Å². The van der Waals surface area contributed by atoms with Gasteiger partial charge in [-0.05, 0) is 32.0 Å². The number of guanidine groups is 1. The van der Waals surface area contributed by atoms with Crippen molar-refractivity contribution in [2.24, 2.45) is 10.7 Å². The molecule has 5 nitrogen and oxygen atoms in total. The number of likely N-dealkylation sites (N-methyl/N-ethyl adjacent to an activating group) is 1. The van der Waals surface area contributed by atoms with Gasteiger partial charge >= 0.3 is 0 Å². The second kappa shape index (κ2) is 9.41. The summed E-state index contributed by atoms with van der Waals surface area (Å²) in [6, 6.07) is 6.69. The first kappa shape index (κ1) is 16.7. The van der Waals surface area contributed by atoms with Crippen molar-refractivity contribution in [3.63, 3.8) is 0 Å². The van der Waals surface area contributed by atoms with Gasteiger partial charge in [0, 0.05) is 37.4 Å². The van der Waals surface area contributed by atoms with E-state index in [0.29, 0.717) is 5.96 Å². The second-order valence-electron chi connectivity index (χ2n) is 6.04. The van der Waals surface area contributed by atoms with Gasteiger partial charge in [0.1, 0.15) is 0 Å². The van der Waals surface area contributed by atoms with Crippen molar-refractivity contribution in [3.8, 4) is 0 Å². The molecule has 1 aromatic heterocycles. The summed E-state index contributed by atoms with van der Waals surface area (Å²) in [7, 11) is 2.20. The van der Waals surface area contributed by atoms with Crippen LogP contribution in [0.25, 0.3) is 0 Å². The van der Waals surface area contributed by atoms with E-state index in [1.54, 1.807) is 0 Å². The van der Waals surface area contributed by atoms with Crippen LogP contribution in [-0.4, -0.2) is 48.6 Å². The van der Waals surface area contributed by atoms with Crippen LogP contribution < -0.4 is 11.1 Å². The number of aromatic nitrogens is 1. The second-order valence-corrected chi connectivity index (χ2v) is 6.04. The molecule has 0 saturated heterocycles. The Kier molecular flexibility index (Phi) is 7.16. The van der Waals surface area contributed by atoms with E-state index in [0.717, 1.165) is 37.8 Å². The molecular weight excluding hydrogens is 274 g/mol. The molecule has 0 atom stereocenters. The highest BCUT2D eigenvalue weighted by Crippen LogP contribution is 2.21. The Morgan fingerprint density at radius 3 is 2.91 bits per heavy atom. The highest BCUT2D eigenvalue weighted by Gasteiger charge is 2.17. The molecule has 1 fully saturated rings. The molecule has 1 saturated carbocycles.